The Morgan fingerprint density at radius 1 is 1.12 bits per heavy atom. The van der Waals surface area contributed by atoms with Crippen LogP contribution >= 0.6 is 11.6 Å². The smallest absolute Gasteiger partial charge is 0.255 e. The number of pyridine rings is 2. The monoisotopic (exact) mass is 446 g/mol. The van der Waals surface area contributed by atoms with Gasteiger partial charge in [-0.15, -0.1) is 5.10 Å². The standard InChI is InChI=1S/C23H16ClFN6O/c1-26-23(32)21-16(24)10-15(11-17(21)25)19-6-7-20-22(28-19)31(30-29-20)12-13-4-5-18-14(9-13)3-2-8-27-18/h2-11H,12H2,1H3,(H,26,32). The first-order valence-electron chi connectivity index (χ1n) is 9.79. The van der Waals surface area contributed by atoms with E-state index in [0.29, 0.717) is 29.0 Å². The fraction of sp³-hybridized carbons (Fsp3) is 0.0870. The Morgan fingerprint density at radius 3 is 2.78 bits per heavy atom. The summed E-state index contributed by atoms with van der Waals surface area (Å²) >= 11 is 6.18. The molecule has 1 amide bonds. The molecule has 0 aliphatic heterocycles. The molecule has 0 bridgehead atoms. The van der Waals surface area contributed by atoms with Crippen molar-refractivity contribution in [2.24, 2.45) is 0 Å². The lowest BCUT2D eigenvalue weighted by atomic mass is 10.1. The number of aromatic nitrogens is 5. The Balaban J connectivity index is 1.53. The molecule has 5 rings (SSSR count). The quantitative estimate of drug-likeness (QED) is 0.446. The van der Waals surface area contributed by atoms with E-state index in [9.17, 15) is 9.18 Å². The highest BCUT2D eigenvalue weighted by atomic mass is 35.5. The zero-order valence-electron chi connectivity index (χ0n) is 16.9. The van der Waals surface area contributed by atoms with Crippen LogP contribution in [0.15, 0.2) is 60.8 Å². The lowest BCUT2D eigenvalue weighted by Gasteiger charge is -2.08. The number of amides is 1. The molecule has 158 valence electrons. The fourth-order valence-corrected chi connectivity index (χ4v) is 3.87. The van der Waals surface area contributed by atoms with E-state index in [1.807, 2.05) is 30.3 Å². The van der Waals surface area contributed by atoms with Crippen molar-refractivity contribution in [3.8, 4) is 11.3 Å². The summed E-state index contributed by atoms with van der Waals surface area (Å²) in [4.78, 5) is 20.8. The molecule has 0 fully saturated rings. The lowest BCUT2D eigenvalue weighted by Crippen LogP contribution is -2.19. The first-order valence-corrected chi connectivity index (χ1v) is 10.2. The Morgan fingerprint density at radius 2 is 1.97 bits per heavy atom. The van der Waals surface area contributed by atoms with Crippen molar-refractivity contribution in [3.63, 3.8) is 0 Å². The van der Waals surface area contributed by atoms with Crippen LogP contribution in [0.3, 0.4) is 0 Å². The molecular formula is C23H16ClFN6O. The number of halogens is 2. The molecule has 0 atom stereocenters. The van der Waals surface area contributed by atoms with Crippen LogP contribution in [0.25, 0.3) is 33.3 Å². The van der Waals surface area contributed by atoms with Gasteiger partial charge in [0.1, 0.15) is 11.3 Å². The van der Waals surface area contributed by atoms with E-state index in [-0.39, 0.29) is 10.6 Å². The molecule has 0 unspecified atom stereocenters. The average molecular weight is 447 g/mol. The highest BCUT2D eigenvalue weighted by molar-refractivity contribution is 6.34. The van der Waals surface area contributed by atoms with Crippen molar-refractivity contribution < 1.29 is 9.18 Å². The summed E-state index contributed by atoms with van der Waals surface area (Å²) in [5.41, 5.74) is 3.86. The van der Waals surface area contributed by atoms with Gasteiger partial charge in [0, 0.05) is 24.2 Å². The van der Waals surface area contributed by atoms with E-state index in [2.05, 4.69) is 25.6 Å². The SMILES string of the molecule is CNC(=O)c1c(F)cc(-c2ccc3nnn(Cc4ccc5ncccc5c4)c3n2)cc1Cl. The maximum absolute atomic E-state index is 14.6. The second-order valence-electron chi connectivity index (χ2n) is 7.21. The maximum atomic E-state index is 14.6. The topological polar surface area (TPSA) is 85.6 Å². The van der Waals surface area contributed by atoms with Crippen LogP contribution in [0, 0.1) is 5.82 Å². The summed E-state index contributed by atoms with van der Waals surface area (Å²) in [7, 11) is 1.42. The highest BCUT2D eigenvalue weighted by Crippen LogP contribution is 2.28. The van der Waals surface area contributed by atoms with Gasteiger partial charge in [0.25, 0.3) is 5.91 Å². The van der Waals surface area contributed by atoms with Crippen LogP contribution in [0.4, 0.5) is 4.39 Å². The third kappa shape index (κ3) is 3.54. The van der Waals surface area contributed by atoms with E-state index in [1.54, 1.807) is 23.0 Å². The predicted octanol–water partition coefficient (Wildman–Crippen LogP) is 4.24. The summed E-state index contributed by atoms with van der Waals surface area (Å²) in [6.45, 7) is 0.461. The zero-order valence-corrected chi connectivity index (χ0v) is 17.6. The van der Waals surface area contributed by atoms with Crippen molar-refractivity contribution in [2.75, 3.05) is 7.05 Å². The van der Waals surface area contributed by atoms with Crippen molar-refractivity contribution in [2.45, 2.75) is 6.54 Å². The van der Waals surface area contributed by atoms with Crippen LogP contribution < -0.4 is 5.32 Å². The van der Waals surface area contributed by atoms with Crippen molar-refractivity contribution in [1.29, 1.82) is 0 Å². The second-order valence-corrected chi connectivity index (χ2v) is 7.62. The molecule has 5 aromatic rings. The number of fused-ring (bicyclic) bond motifs is 2. The van der Waals surface area contributed by atoms with Gasteiger partial charge in [0.05, 0.1) is 28.3 Å². The van der Waals surface area contributed by atoms with Gasteiger partial charge >= 0.3 is 0 Å². The molecule has 9 heteroatoms. The summed E-state index contributed by atoms with van der Waals surface area (Å²) < 4.78 is 16.3. The molecule has 0 aliphatic carbocycles. The fourth-order valence-electron chi connectivity index (χ4n) is 3.58. The predicted molar refractivity (Wildman–Crippen MR) is 120 cm³/mol. The first kappa shape index (κ1) is 20.0. The first-order chi connectivity index (χ1) is 15.5. The molecule has 32 heavy (non-hydrogen) atoms. The van der Waals surface area contributed by atoms with Gasteiger partial charge in [0.15, 0.2) is 5.65 Å². The van der Waals surface area contributed by atoms with Crippen molar-refractivity contribution >= 4 is 39.6 Å². The van der Waals surface area contributed by atoms with E-state index in [1.165, 1.54) is 19.2 Å². The van der Waals surface area contributed by atoms with E-state index in [0.717, 1.165) is 16.5 Å². The Labute approximate surface area is 186 Å². The minimum Gasteiger partial charge on any atom is -0.355 e. The van der Waals surface area contributed by atoms with Crippen LogP contribution in [-0.2, 0) is 6.54 Å². The molecule has 0 saturated carbocycles. The van der Waals surface area contributed by atoms with Crippen LogP contribution in [0.2, 0.25) is 5.02 Å². The second kappa shape index (κ2) is 7.97. The van der Waals surface area contributed by atoms with E-state index >= 15 is 0 Å². The third-order valence-electron chi connectivity index (χ3n) is 5.15. The van der Waals surface area contributed by atoms with E-state index in [4.69, 9.17) is 11.6 Å². The lowest BCUT2D eigenvalue weighted by molar-refractivity contribution is 0.0959. The van der Waals surface area contributed by atoms with Crippen LogP contribution in [0.1, 0.15) is 15.9 Å². The van der Waals surface area contributed by atoms with Gasteiger partial charge in [-0.25, -0.2) is 14.1 Å². The molecule has 3 aromatic heterocycles. The maximum Gasteiger partial charge on any atom is 0.255 e. The minimum atomic E-state index is -0.717. The Hall–Kier alpha value is -3.91. The largest absolute Gasteiger partial charge is 0.355 e. The van der Waals surface area contributed by atoms with Gasteiger partial charge in [-0.2, -0.15) is 0 Å². The normalized spacial score (nSPS) is 11.2. The minimum absolute atomic E-state index is 0.0117. The van der Waals surface area contributed by atoms with Gasteiger partial charge < -0.3 is 5.32 Å². The van der Waals surface area contributed by atoms with Gasteiger partial charge in [-0.1, -0.05) is 28.9 Å². The van der Waals surface area contributed by atoms with Crippen molar-refractivity contribution in [3.05, 3.63) is 82.8 Å². The van der Waals surface area contributed by atoms with Crippen LogP contribution in [0.5, 0.6) is 0 Å². The molecule has 0 spiro atoms. The number of hydrogen-bond donors (Lipinski definition) is 1. The number of nitrogens with one attached hydrogen (secondary N) is 1. The molecule has 2 aromatic carbocycles. The number of carbonyl (C=O) groups excluding carboxylic acids is 1. The summed E-state index contributed by atoms with van der Waals surface area (Å²) in [6, 6.07) is 16.1. The van der Waals surface area contributed by atoms with Gasteiger partial charge in [-0.05, 0) is 48.0 Å². The number of benzene rings is 2. The Kier molecular flexibility index (Phi) is 4.99. The molecular weight excluding hydrogens is 431 g/mol. The number of hydrogen-bond acceptors (Lipinski definition) is 5. The summed E-state index contributed by atoms with van der Waals surface area (Å²) in [5.74, 6) is -1.31. The number of nitrogens with zero attached hydrogens (tertiary/aromatic N) is 5. The molecule has 3 heterocycles. The summed E-state index contributed by atoms with van der Waals surface area (Å²) in [6.07, 6.45) is 1.76. The highest BCUT2D eigenvalue weighted by Gasteiger charge is 2.18. The summed E-state index contributed by atoms with van der Waals surface area (Å²) in [5, 5.41) is 11.8. The van der Waals surface area contributed by atoms with Gasteiger partial charge in [-0.3, -0.25) is 9.78 Å². The molecule has 0 aliphatic rings. The molecule has 0 radical (unpaired) electrons. The van der Waals surface area contributed by atoms with E-state index < -0.39 is 11.7 Å². The van der Waals surface area contributed by atoms with Crippen molar-refractivity contribution in [1.82, 2.24) is 30.3 Å². The third-order valence-corrected chi connectivity index (χ3v) is 5.45. The molecule has 0 saturated heterocycles. The average Bonchev–Trinajstić information content (AvgIpc) is 3.20. The molecule has 1 N–H and O–H groups in total. The number of rotatable bonds is 4. The number of carbonyl (C=O) groups is 1. The molecule has 7 nitrogen and oxygen atoms in total. The van der Waals surface area contributed by atoms with Crippen LogP contribution in [-0.4, -0.2) is 37.9 Å². The zero-order chi connectivity index (χ0) is 22.2. The Bertz CT molecular complexity index is 1480. The van der Waals surface area contributed by atoms with Gasteiger partial charge in [0.2, 0.25) is 0 Å².